The highest BCUT2D eigenvalue weighted by atomic mass is 16.6. The lowest BCUT2D eigenvalue weighted by atomic mass is 10.1. The van der Waals surface area contributed by atoms with E-state index in [9.17, 15) is 4.79 Å². The SMILES string of the molecule is CCOC(=O)N1CCC(NC(N)=NCc2ccnc(N3CCCCC3)c2)CC1. The molecular formula is C20H32N6O2. The summed E-state index contributed by atoms with van der Waals surface area (Å²) in [6, 6.07) is 4.33. The van der Waals surface area contributed by atoms with Crippen LogP contribution in [0.1, 0.15) is 44.6 Å². The highest BCUT2D eigenvalue weighted by Gasteiger charge is 2.23. The molecule has 0 aromatic carbocycles. The maximum atomic E-state index is 11.8. The monoisotopic (exact) mass is 388 g/mol. The molecule has 2 fully saturated rings. The highest BCUT2D eigenvalue weighted by molar-refractivity contribution is 5.78. The molecule has 3 rings (SSSR count). The third-order valence-corrected chi connectivity index (χ3v) is 5.29. The van der Waals surface area contributed by atoms with E-state index in [1.54, 1.807) is 4.90 Å². The van der Waals surface area contributed by atoms with Gasteiger partial charge in [-0.3, -0.25) is 0 Å². The minimum atomic E-state index is -0.232. The molecule has 0 unspecified atom stereocenters. The smallest absolute Gasteiger partial charge is 0.409 e. The standard InChI is InChI=1S/C20H32N6O2/c1-2-28-20(27)26-12-7-17(8-13-26)24-19(21)23-15-16-6-9-22-18(14-16)25-10-4-3-5-11-25/h6,9,14,17H,2-5,7-8,10-13,15H2,1H3,(H3,21,23,24). The van der Waals surface area contributed by atoms with Gasteiger partial charge in [0.05, 0.1) is 13.2 Å². The molecule has 8 heteroatoms. The van der Waals surface area contributed by atoms with Crippen LogP contribution >= 0.6 is 0 Å². The summed E-state index contributed by atoms with van der Waals surface area (Å²) < 4.78 is 5.05. The molecule has 0 aliphatic carbocycles. The Morgan fingerprint density at radius 3 is 2.75 bits per heavy atom. The number of rotatable bonds is 5. The lowest BCUT2D eigenvalue weighted by Gasteiger charge is -2.31. The topological polar surface area (TPSA) is 96.1 Å². The highest BCUT2D eigenvalue weighted by Crippen LogP contribution is 2.18. The van der Waals surface area contributed by atoms with Gasteiger partial charge in [-0.05, 0) is 56.7 Å². The number of nitrogens with two attached hydrogens (primary N) is 1. The molecule has 8 nitrogen and oxygen atoms in total. The number of guanidine groups is 1. The van der Waals surface area contributed by atoms with Crippen LogP contribution in [-0.4, -0.2) is 60.8 Å². The Labute approximate surface area is 167 Å². The number of anilines is 1. The van der Waals surface area contributed by atoms with Crippen LogP contribution in [0.25, 0.3) is 0 Å². The summed E-state index contributed by atoms with van der Waals surface area (Å²) >= 11 is 0. The molecule has 0 spiro atoms. The van der Waals surface area contributed by atoms with E-state index in [1.165, 1.54) is 19.3 Å². The van der Waals surface area contributed by atoms with Crippen molar-refractivity contribution in [1.29, 1.82) is 0 Å². The number of hydrogen-bond acceptors (Lipinski definition) is 5. The lowest BCUT2D eigenvalue weighted by Crippen LogP contribution is -2.48. The number of aromatic nitrogens is 1. The molecule has 2 aliphatic rings. The number of likely N-dealkylation sites (tertiary alicyclic amines) is 1. The third-order valence-electron chi connectivity index (χ3n) is 5.29. The van der Waals surface area contributed by atoms with Gasteiger partial charge in [0.25, 0.3) is 0 Å². The molecule has 1 amide bonds. The molecule has 1 aromatic heterocycles. The molecular weight excluding hydrogens is 356 g/mol. The first kappa shape index (κ1) is 20.2. The van der Waals surface area contributed by atoms with Gasteiger partial charge in [0, 0.05) is 38.4 Å². The van der Waals surface area contributed by atoms with Gasteiger partial charge >= 0.3 is 6.09 Å². The Kier molecular flexibility index (Phi) is 7.33. The van der Waals surface area contributed by atoms with Crippen LogP contribution in [0.15, 0.2) is 23.3 Å². The summed E-state index contributed by atoms with van der Waals surface area (Å²) in [7, 11) is 0. The fourth-order valence-corrected chi connectivity index (χ4v) is 3.71. The van der Waals surface area contributed by atoms with Crippen molar-refractivity contribution in [2.24, 2.45) is 10.7 Å². The molecule has 154 valence electrons. The predicted molar refractivity (Wildman–Crippen MR) is 110 cm³/mol. The number of amides is 1. The zero-order valence-corrected chi connectivity index (χ0v) is 16.8. The summed E-state index contributed by atoms with van der Waals surface area (Å²) in [4.78, 5) is 24.8. The molecule has 0 atom stereocenters. The predicted octanol–water partition coefficient (Wildman–Crippen LogP) is 2.10. The van der Waals surface area contributed by atoms with Crippen LogP contribution in [0.4, 0.5) is 10.6 Å². The molecule has 28 heavy (non-hydrogen) atoms. The lowest BCUT2D eigenvalue weighted by molar-refractivity contribution is 0.0963. The molecule has 0 saturated carbocycles. The molecule has 0 radical (unpaired) electrons. The number of ether oxygens (including phenoxy) is 1. The van der Waals surface area contributed by atoms with Gasteiger partial charge in [0.15, 0.2) is 5.96 Å². The van der Waals surface area contributed by atoms with Crippen LogP contribution in [0, 0.1) is 0 Å². The first-order valence-corrected chi connectivity index (χ1v) is 10.3. The maximum Gasteiger partial charge on any atom is 0.409 e. The average molecular weight is 389 g/mol. The van der Waals surface area contributed by atoms with E-state index in [4.69, 9.17) is 10.5 Å². The number of carbonyl (C=O) groups is 1. The average Bonchev–Trinajstić information content (AvgIpc) is 2.74. The minimum absolute atomic E-state index is 0.232. The van der Waals surface area contributed by atoms with Crippen LogP contribution in [0.2, 0.25) is 0 Å². The van der Waals surface area contributed by atoms with Crippen LogP contribution in [0.3, 0.4) is 0 Å². The van der Waals surface area contributed by atoms with E-state index in [2.05, 4.69) is 26.3 Å². The van der Waals surface area contributed by atoms with Crippen LogP contribution < -0.4 is 16.0 Å². The molecule has 2 aliphatic heterocycles. The van der Waals surface area contributed by atoms with Crippen LogP contribution in [-0.2, 0) is 11.3 Å². The van der Waals surface area contributed by atoms with Gasteiger partial charge in [-0.15, -0.1) is 0 Å². The molecule has 3 heterocycles. The normalized spacial score (nSPS) is 18.8. The van der Waals surface area contributed by atoms with Crippen molar-refractivity contribution < 1.29 is 9.53 Å². The van der Waals surface area contributed by atoms with Gasteiger partial charge in [0.2, 0.25) is 0 Å². The Balaban J connectivity index is 1.46. The number of nitrogens with one attached hydrogen (secondary N) is 1. The summed E-state index contributed by atoms with van der Waals surface area (Å²) in [5.41, 5.74) is 7.19. The fourth-order valence-electron chi connectivity index (χ4n) is 3.71. The fraction of sp³-hybridized carbons (Fsp3) is 0.650. The van der Waals surface area contributed by atoms with E-state index in [0.717, 1.165) is 37.3 Å². The summed E-state index contributed by atoms with van der Waals surface area (Å²) in [6.07, 6.45) is 7.06. The summed E-state index contributed by atoms with van der Waals surface area (Å²) in [6.45, 7) is 6.26. The van der Waals surface area contributed by atoms with Gasteiger partial charge < -0.3 is 25.6 Å². The van der Waals surface area contributed by atoms with Crippen molar-refractivity contribution in [2.75, 3.05) is 37.7 Å². The molecule has 3 N–H and O–H groups in total. The first-order valence-electron chi connectivity index (χ1n) is 10.3. The second kappa shape index (κ2) is 10.1. The first-order chi connectivity index (χ1) is 13.7. The van der Waals surface area contributed by atoms with E-state index in [1.807, 2.05) is 19.2 Å². The largest absolute Gasteiger partial charge is 0.450 e. The van der Waals surface area contributed by atoms with Crippen molar-refractivity contribution in [2.45, 2.75) is 51.6 Å². The zero-order chi connectivity index (χ0) is 19.8. The van der Waals surface area contributed by atoms with Gasteiger partial charge in [-0.25, -0.2) is 14.8 Å². The van der Waals surface area contributed by atoms with Crippen molar-refractivity contribution in [3.63, 3.8) is 0 Å². The second-order valence-corrected chi connectivity index (χ2v) is 7.38. The number of pyridine rings is 1. The van der Waals surface area contributed by atoms with Crippen molar-refractivity contribution in [3.05, 3.63) is 23.9 Å². The van der Waals surface area contributed by atoms with E-state index >= 15 is 0 Å². The Bertz CT molecular complexity index is 666. The molecule has 0 bridgehead atoms. The van der Waals surface area contributed by atoms with Crippen molar-refractivity contribution >= 4 is 17.9 Å². The molecule has 2 saturated heterocycles. The van der Waals surface area contributed by atoms with Crippen LogP contribution in [0.5, 0.6) is 0 Å². The third kappa shape index (κ3) is 5.74. The van der Waals surface area contributed by atoms with Gasteiger partial charge in [0.1, 0.15) is 5.82 Å². The number of carbonyl (C=O) groups excluding carboxylic acids is 1. The molecule has 1 aromatic rings. The minimum Gasteiger partial charge on any atom is -0.450 e. The van der Waals surface area contributed by atoms with Crippen molar-refractivity contribution in [1.82, 2.24) is 15.2 Å². The quantitative estimate of drug-likeness (QED) is 0.592. The van der Waals surface area contributed by atoms with E-state index in [0.29, 0.717) is 32.2 Å². The number of aliphatic imine (C=N–C) groups is 1. The Hall–Kier alpha value is -2.51. The second-order valence-electron chi connectivity index (χ2n) is 7.38. The van der Waals surface area contributed by atoms with Gasteiger partial charge in [-0.2, -0.15) is 0 Å². The van der Waals surface area contributed by atoms with Gasteiger partial charge in [-0.1, -0.05) is 0 Å². The number of nitrogens with zero attached hydrogens (tertiary/aromatic N) is 4. The Morgan fingerprint density at radius 2 is 2.04 bits per heavy atom. The van der Waals surface area contributed by atoms with E-state index in [-0.39, 0.29) is 12.1 Å². The Morgan fingerprint density at radius 1 is 1.29 bits per heavy atom. The zero-order valence-electron chi connectivity index (χ0n) is 16.8. The van der Waals surface area contributed by atoms with Crippen molar-refractivity contribution in [3.8, 4) is 0 Å². The maximum absolute atomic E-state index is 11.8. The summed E-state index contributed by atoms with van der Waals surface area (Å²) in [5.74, 6) is 1.48. The number of piperidine rings is 2. The van der Waals surface area contributed by atoms with E-state index < -0.39 is 0 Å². The number of hydrogen-bond donors (Lipinski definition) is 2. The summed E-state index contributed by atoms with van der Waals surface area (Å²) in [5, 5.41) is 3.28.